The van der Waals surface area contributed by atoms with Gasteiger partial charge in [0.1, 0.15) is 5.82 Å². The lowest BCUT2D eigenvalue weighted by Gasteiger charge is -2.12. The van der Waals surface area contributed by atoms with Crippen molar-refractivity contribution in [1.82, 2.24) is 0 Å². The highest BCUT2D eigenvalue weighted by Crippen LogP contribution is 2.18. The maximum absolute atomic E-state index is 12.8. The molecule has 0 aliphatic rings. The van der Waals surface area contributed by atoms with E-state index in [-0.39, 0.29) is 5.82 Å². The highest BCUT2D eigenvalue weighted by atomic mass is 19.1. The molecular formula is C19H24FNO. The Morgan fingerprint density at radius 1 is 1.05 bits per heavy atom. The molecule has 118 valence electrons. The Labute approximate surface area is 132 Å². The Morgan fingerprint density at radius 2 is 1.73 bits per heavy atom. The second-order valence-electron chi connectivity index (χ2n) is 5.58. The summed E-state index contributed by atoms with van der Waals surface area (Å²) in [7, 11) is 0. The van der Waals surface area contributed by atoms with Crippen LogP contribution in [0.4, 0.5) is 10.1 Å². The summed E-state index contributed by atoms with van der Waals surface area (Å²) in [5.74, 6) is -0.280. The number of aliphatic hydroxyl groups excluding tert-OH is 1. The Balaban J connectivity index is 1.77. The smallest absolute Gasteiger partial charge is 0.123 e. The fourth-order valence-electron chi connectivity index (χ4n) is 2.37. The number of unbranched alkanes of at least 4 members (excludes halogenated alkanes) is 1. The van der Waals surface area contributed by atoms with E-state index in [4.69, 9.17) is 0 Å². The average Bonchev–Trinajstić information content (AvgIpc) is 2.54. The lowest BCUT2D eigenvalue weighted by atomic mass is 10.1. The Hall–Kier alpha value is -1.87. The van der Waals surface area contributed by atoms with Gasteiger partial charge in [-0.1, -0.05) is 37.6 Å². The van der Waals surface area contributed by atoms with Crippen LogP contribution < -0.4 is 5.32 Å². The minimum absolute atomic E-state index is 0.280. The molecule has 3 heteroatoms. The van der Waals surface area contributed by atoms with Gasteiger partial charge in [-0.25, -0.2) is 4.39 Å². The molecular weight excluding hydrogens is 277 g/mol. The van der Waals surface area contributed by atoms with Gasteiger partial charge in [-0.15, -0.1) is 0 Å². The SMILES string of the molecule is CCCCc1ccc(NCCC(O)c2ccc(F)cc2)cc1. The first kappa shape index (κ1) is 16.5. The van der Waals surface area contributed by atoms with Crippen LogP contribution in [0.25, 0.3) is 0 Å². The molecule has 2 rings (SSSR count). The Kier molecular flexibility index (Phi) is 6.41. The predicted molar refractivity (Wildman–Crippen MR) is 89.5 cm³/mol. The Bertz CT molecular complexity index is 551. The molecule has 0 bridgehead atoms. The van der Waals surface area contributed by atoms with Gasteiger partial charge in [-0.2, -0.15) is 0 Å². The summed E-state index contributed by atoms with van der Waals surface area (Å²) in [5.41, 5.74) is 3.17. The zero-order valence-corrected chi connectivity index (χ0v) is 13.1. The molecule has 0 saturated carbocycles. The molecule has 2 aromatic rings. The third-order valence-electron chi connectivity index (χ3n) is 3.77. The number of aryl methyl sites for hydroxylation is 1. The number of hydrogen-bond acceptors (Lipinski definition) is 2. The van der Waals surface area contributed by atoms with Gasteiger partial charge in [0.05, 0.1) is 6.10 Å². The fraction of sp³-hybridized carbons (Fsp3) is 0.368. The minimum Gasteiger partial charge on any atom is -0.388 e. The van der Waals surface area contributed by atoms with Crippen LogP contribution in [-0.4, -0.2) is 11.7 Å². The summed E-state index contributed by atoms with van der Waals surface area (Å²) in [4.78, 5) is 0. The number of nitrogens with one attached hydrogen (secondary N) is 1. The van der Waals surface area contributed by atoms with Gasteiger partial charge in [0.2, 0.25) is 0 Å². The van der Waals surface area contributed by atoms with Gasteiger partial charge < -0.3 is 10.4 Å². The molecule has 0 spiro atoms. The van der Waals surface area contributed by atoms with Crippen molar-refractivity contribution in [1.29, 1.82) is 0 Å². The van der Waals surface area contributed by atoms with E-state index in [2.05, 4.69) is 36.5 Å². The molecule has 0 aliphatic carbocycles. The highest BCUT2D eigenvalue weighted by molar-refractivity contribution is 5.44. The van der Waals surface area contributed by atoms with E-state index in [0.717, 1.165) is 17.7 Å². The quantitative estimate of drug-likeness (QED) is 0.740. The maximum Gasteiger partial charge on any atom is 0.123 e. The van der Waals surface area contributed by atoms with Gasteiger partial charge in [-0.05, 0) is 54.7 Å². The summed E-state index contributed by atoms with van der Waals surface area (Å²) in [6.45, 7) is 2.87. The van der Waals surface area contributed by atoms with Gasteiger partial charge >= 0.3 is 0 Å². The van der Waals surface area contributed by atoms with E-state index in [0.29, 0.717) is 13.0 Å². The Morgan fingerprint density at radius 3 is 2.36 bits per heavy atom. The van der Waals surface area contributed by atoms with Crippen LogP contribution in [0, 0.1) is 5.82 Å². The first-order valence-corrected chi connectivity index (χ1v) is 7.95. The summed E-state index contributed by atoms with van der Waals surface area (Å²) in [6, 6.07) is 14.5. The summed E-state index contributed by atoms with van der Waals surface area (Å²) < 4.78 is 12.8. The molecule has 22 heavy (non-hydrogen) atoms. The molecule has 0 heterocycles. The van der Waals surface area contributed by atoms with E-state index in [1.54, 1.807) is 12.1 Å². The first-order chi connectivity index (χ1) is 10.7. The zero-order chi connectivity index (χ0) is 15.8. The van der Waals surface area contributed by atoms with E-state index >= 15 is 0 Å². The lowest BCUT2D eigenvalue weighted by molar-refractivity contribution is 0.171. The summed E-state index contributed by atoms with van der Waals surface area (Å²) in [5, 5.41) is 13.4. The highest BCUT2D eigenvalue weighted by Gasteiger charge is 2.07. The molecule has 0 radical (unpaired) electrons. The van der Waals surface area contributed by atoms with Crippen molar-refractivity contribution in [3.63, 3.8) is 0 Å². The molecule has 0 amide bonds. The molecule has 2 aromatic carbocycles. The van der Waals surface area contributed by atoms with E-state index in [1.807, 2.05) is 0 Å². The largest absolute Gasteiger partial charge is 0.388 e. The zero-order valence-electron chi connectivity index (χ0n) is 13.1. The first-order valence-electron chi connectivity index (χ1n) is 7.95. The van der Waals surface area contributed by atoms with E-state index in [1.165, 1.54) is 30.5 Å². The fourth-order valence-corrected chi connectivity index (χ4v) is 2.37. The predicted octanol–water partition coefficient (Wildman–Crippen LogP) is 4.70. The number of anilines is 1. The van der Waals surface area contributed by atoms with Crippen LogP contribution in [0.3, 0.4) is 0 Å². The van der Waals surface area contributed by atoms with E-state index in [9.17, 15) is 9.50 Å². The van der Waals surface area contributed by atoms with Crippen LogP contribution in [-0.2, 0) is 6.42 Å². The molecule has 1 unspecified atom stereocenters. The van der Waals surface area contributed by atoms with E-state index < -0.39 is 6.10 Å². The third-order valence-corrected chi connectivity index (χ3v) is 3.77. The van der Waals surface area contributed by atoms with Crippen LogP contribution >= 0.6 is 0 Å². The minimum atomic E-state index is -0.572. The van der Waals surface area contributed by atoms with Crippen molar-refractivity contribution in [2.24, 2.45) is 0 Å². The summed E-state index contributed by atoms with van der Waals surface area (Å²) >= 11 is 0. The molecule has 0 fully saturated rings. The van der Waals surface area contributed by atoms with Crippen molar-refractivity contribution < 1.29 is 9.50 Å². The normalized spacial score (nSPS) is 12.1. The van der Waals surface area contributed by atoms with Crippen molar-refractivity contribution in [2.75, 3.05) is 11.9 Å². The number of rotatable bonds is 8. The van der Waals surface area contributed by atoms with Gasteiger partial charge in [0.25, 0.3) is 0 Å². The molecule has 2 N–H and O–H groups in total. The second kappa shape index (κ2) is 8.54. The lowest BCUT2D eigenvalue weighted by Crippen LogP contribution is -2.07. The molecule has 0 aromatic heterocycles. The van der Waals surface area contributed by atoms with Crippen LogP contribution in [0.2, 0.25) is 0 Å². The van der Waals surface area contributed by atoms with Crippen molar-refractivity contribution >= 4 is 5.69 Å². The van der Waals surface area contributed by atoms with Gasteiger partial charge in [0, 0.05) is 12.2 Å². The van der Waals surface area contributed by atoms with Crippen molar-refractivity contribution in [3.8, 4) is 0 Å². The summed E-state index contributed by atoms with van der Waals surface area (Å²) in [6.07, 6.45) is 3.57. The third kappa shape index (κ3) is 5.15. The van der Waals surface area contributed by atoms with Crippen molar-refractivity contribution in [2.45, 2.75) is 38.7 Å². The van der Waals surface area contributed by atoms with Gasteiger partial charge in [-0.3, -0.25) is 0 Å². The number of benzene rings is 2. The molecule has 0 saturated heterocycles. The molecule has 2 nitrogen and oxygen atoms in total. The molecule has 0 aliphatic heterocycles. The average molecular weight is 301 g/mol. The second-order valence-corrected chi connectivity index (χ2v) is 5.58. The monoisotopic (exact) mass is 301 g/mol. The van der Waals surface area contributed by atoms with Crippen LogP contribution in [0.1, 0.15) is 43.4 Å². The van der Waals surface area contributed by atoms with Crippen molar-refractivity contribution in [3.05, 3.63) is 65.5 Å². The number of aliphatic hydroxyl groups is 1. The maximum atomic E-state index is 12.8. The standard InChI is InChI=1S/C19H24FNO/c1-2-3-4-15-5-11-18(12-6-15)21-14-13-19(22)16-7-9-17(20)10-8-16/h5-12,19,21-22H,2-4,13-14H2,1H3. The topological polar surface area (TPSA) is 32.3 Å². The molecule has 1 atom stereocenters. The van der Waals surface area contributed by atoms with Crippen LogP contribution in [0.5, 0.6) is 0 Å². The number of hydrogen-bond donors (Lipinski definition) is 2. The van der Waals surface area contributed by atoms with Crippen LogP contribution in [0.15, 0.2) is 48.5 Å². The number of halogens is 1. The van der Waals surface area contributed by atoms with Gasteiger partial charge in [0.15, 0.2) is 0 Å².